The summed E-state index contributed by atoms with van der Waals surface area (Å²) in [5, 5.41) is 6.40. The molecule has 0 radical (unpaired) electrons. The van der Waals surface area contributed by atoms with Crippen LogP contribution in [0.1, 0.15) is 38.3 Å². The van der Waals surface area contributed by atoms with E-state index >= 15 is 0 Å². The molecule has 0 bridgehead atoms. The van der Waals surface area contributed by atoms with Crippen LogP contribution in [0.4, 0.5) is 0 Å². The lowest BCUT2D eigenvalue weighted by Crippen LogP contribution is -2.51. The average Bonchev–Trinajstić information content (AvgIpc) is 2.47. The molecule has 2 unspecified atom stereocenters. The van der Waals surface area contributed by atoms with Crippen LogP contribution < -0.4 is 15.4 Å². The molecule has 1 amide bonds. The van der Waals surface area contributed by atoms with Crippen molar-refractivity contribution < 1.29 is 9.53 Å². The van der Waals surface area contributed by atoms with Crippen molar-refractivity contribution >= 4 is 5.91 Å². The van der Waals surface area contributed by atoms with Crippen molar-refractivity contribution in [1.82, 2.24) is 10.6 Å². The van der Waals surface area contributed by atoms with Gasteiger partial charge in [-0.3, -0.25) is 4.79 Å². The van der Waals surface area contributed by atoms with Crippen molar-refractivity contribution in [2.75, 3.05) is 13.7 Å². The number of amides is 1. The van der Waals surface area contributed by atoms with Gasteiger partial charge in [-0.15, -0.1) is 0 Å². The second kappa shape index (κ2) is 6.75. The van der Waals surface area contributed by atoms with Gasteiger partial charge in [0.05, 0.1) is 19.2 Å². The first-order valence-corrected chi connectivity index (χ1v) is 7.29. The highest BCUT2D eigenvalue weighted by atomic mass is 16.5. The van der Waals surface area contributed by atoms with Crippen molar-refractivity contribution in [3.05, 3.63) is 29.8 Å². The summed E-state index contributed by atoms with van der Waals surface area (Å²) in [6, 6.07) is 7.72. The Morgan fingerprint density at radius 3 is 3.00 bits per heavy atom. The van der Waals surface area contributed by atoms with Gasteiger partial charge < -0.3 is 15.4 Å². The Morgan fingerprint density at radius 1 is 1.50 bits per heavy atom. The minimum Gasteiger partial charge on any atom is -0.497 e. The highest BCUT2D eigenvalue weighted by Crippen LogP contribution is 2.20. The first-order valence-electron chi connectivity index (χ1n) is 7.29. The smallest absolute Gasteiger partial charge is 0.237 e. The van der Waals surface area contributed by atoms with E-state index in [4.69, 9.17) is 4.74 Å². The number of rotatable bonds is 4. The van der Waals surface area contributed by atoms with Crippen LogP contribution >= 0.6 is 0 Å². The lowest BCUT2D eigenvalue weighted by atomic mass is 9.92. The van der Waals surface area contributed by atoms with Crippen LogP contribution in [0.2, 0.25) is 0 Å². The molecule has 4 heteroatoms. The van der Waals surface area contributed by atoms with Gasteiger partial charge in [-0.1, -0.05) is 19.1 Å². The van der Waals surface area contributed by atoms with Gasteiger partial charge in [-0.2, -0.15) is 0 Å². The summed E-state index contributed by atoms with van der Waals surface area (Å²) in [7, 11) is 1.65. The summed E-state index contributed by atoms with van der Waals surface area (Å²) in [5.74, 6) is 1.29. The Kier molecular flexibility index (Phi) is 5.01. The molecule has 1 aromatic rings. The van der Waals surface area contributed by atoms with E-state index in [2.05, 4.69) is 17.6 Å². The summed E-state index contributed by atoms with van der Waals surface area (Å²) >= 11 is 0. The molecule has 2 rings (SSSR count). The number of hydrogen-bond donors (Lipinski definition) is 2. The summed E-state index contributed by atoms with van der Waals surface area (Å²) in [6.07, 6.45) is 2.26. The van der Waals surface area contributed by atoms with Crippen molar-refractivity contribution in [1.29, 1.82) is 0 Å². The van der Waals surface area contributed by atoms with Crippen LogP contribution in [0.3, 0.4) is 0 Å². The quantitative estimate of drug-likeness (QED) is 0.887. The molecule has 1 aromatic carbocycles. The van der Waals surface area contributed by atoms with E-state index in [-0.39, 0.29) is 18.0 Å². The zero-order chi connectivity index (χ0) is 14.5. The predicted molar refractivity (Wildman–Crippen MR) is 79.7 cm³/mol. The second-order valence-corrected chi connectivity index (χ2v) is 5.56. The Morgan fingerprint density at radius 2 is 2.30 bits per heavy atom. The summed E-state index contributed by atoms with van der Waals surface area (Å²) in [6.45, 7) is 5.06. The van der Waals surface area contributed by atoms with Crippen LogP contribution in [-0.2, 0) is 4.79 Å². The molecule has 20 heavy (non-hydrogen) atoms. The topological polar surface area (TPSA) is 50.4 Å². The molecule has 2 N–H and O–H groups in total. The van der Waals surface area contributed by atoms with E-state index in [9.17, 15) is 4.79 Å². The molecular weight excluding hydrogens is 252 g/mol. The fraction of sp³-hybridized carbons (Fsp3) is 0.562. The summed E-state index contributed by atoms with van der Waals surface area (Å²) < 4.78 is 5.22. The van der Waals surface area contributed by atoms with Crippen molar-refractivity contribution in [2.24, 2.45) is 5.92 Å². The summed E-state index contributed by atoms with van der Waals surface area (Å²) in [4.78, 5) is 12.3. The number of nitrogens with one attached hydrogen (secondary N) is 2. The SMILES string of the molecule is COc1cccc([C@H](C)NC(=O)C2NCCCC2C)c1. The van der Waals surface area contributed by atoms with Crippen molar-refractivity contribution in [2.45, 2.75) is 38.8 Å². The van der Waals surface area contributed by atoms with E-state index in [1.165, 1.54) is 0 Å². The van der Waals surface area contributed by atoms with Crippen molar-refractivity contribution in [3.63, 3.8) is 0 Å². The minimum absolute atomic E-state index is 0.0199. The zero-order valence-corrected chi connectivity index (χ0v) is 12.5. The Balaban J connectivity index is 1.99. The number of methoxy groups -OCH3 is 1. The van der Waals surface area contributed by atoms with Gasteiger partial charge in [0.2, 0.25) is 5.91 Å². The zero-order valence-electron chi connectivity index (χ0n) is 12.5. The molecule has 1 saturated heterocycles. The highest BCUT2D eigenvalue weighted by Gasteiger charge is 2.28. The van der Waals surface area contributed by atoms with Gasteiger partial charge in [-0.05, 0) is 49.9 Å². The van der Waals surface area contributed by atoms with Gasteiger partial charge >= 0.3 is 0 Å². The van der Waals surface area contributed by atoms with Crippen LogP contribution in [0.15, 0.2) is 24.3 Å². The number of carbonyl (C=O) groups is 1. The van der Waals surface area contributed by atoms with Crippen LogP contribution in [-0.4, -0.2) is 25.6 Å². The van der Waals surface area contributed by atoms with Crippen LogP contribution in [0, 0.1) is 5.92 Å². The van der Waals surface area contributed by atoms with Crippen LogP contribution in [0.5, 0.6) is 5.75 Å². The predicted octanol–water partition coefficient (Wildman–Crippen LogP) is 2.26. The Labute approximate surface area is 120 Å². The third-order valence-corrected chi connectivity index (χ3v) is 4.00. The van der Waals surface area contributed by atoms with Gasteiger partial charge in [0, 0.05) is 0 Å². The lowest BCUT2D eigenvalue weighted by molar-refractivity contribution is -0.125. The van der Waals surface area contributed by atoms with Gasteiger partial charge in [0.1, 0.15) is 5.75 Å². The van der Waals surface area contributed by atoms with E-state index in [0.717, 1.165) is 30.7 Å². The Hall–Kier alpha value is -1.55. The maximum Gasteiger partial charge on any atom is 0.237 e. The number of carbonyl (C=O) groups excluding carboxylic acids is 1. The van der Waals surface area contributed by atoms with Crippen LogP contribution in [0.25, 0.3) is 0 Å². The molecule has 0 aromatic heterocycles. The largest absolute Gasteiger partial charge is 0.497 e. The molecular formula is C16H24N2O2. The fourth-order valence-corrected chi connectivity index (χ4v) is 2.70. The molecule has 4 nitrogen and oxygen atoms in total. The number of piperidine rings is 1. The maximum atomic E-state index is 12.3. The van der Waals surface area contributed by atoms with Gasteiger partial charge in [-0.25, -0.2) is 0 Å². The number of hydrogen-bond acceptors (Lipinski definition) is 3. The number of benzene rings is 1. The van der Waals surface area contributed by atoms with Gasteiger partial charge in [0.25, 0.3) is 0 Å². The average molecular weight is 276 g/mol. The molecule has 1 aliphatic heterocycles. The second-order valence-electron chi connectivity index (χ2n) is 5.56. The van der Waals surface area contributed by atoms with E-state index in [1.54, 1.807) is 7.11 Å². The molecule has 0 spiro atoms. The van der Waals surface area contributed by atoms with E-state index in [1.807, 2.05) is 31.2 Å². The molecule has 1 aliphatic rings. The van der Waals surface area contributed by atoms with E-state index in [0.29, 0.717) is 5.92 Å². The van der Waals surface area contributed by atoms with E-state index < -0.39 is 0 Å². The molecule has 1 heterocycles. The molecule has 3 atom stereocenters. The third-order valence-electron chi connectivity index (χ3n) is 4.00. The molecule has 0 aliphatic carbocycles. The summed E-state index contributed by atoms with van der Waals surface area (Å²) in [5.41, 5.74) is 1.06. The standard InChI is InChI=1S/C16H24N2O2/c1-11-6-5-9-17-15(11)16(19)18-12(2)13-7-4-8-14(10-13)20-3/h4,7-8,10-12,15,17H,5-6,9H2,1-3H3,(H,18,19)/t11?,12-,15?/m0/s1. The minimum atomic E-state index is -0.0724. The maximum absolute atomic E-state index is 12.3. The first-order chi connectivity index (χ1) is 9.61. The highest BCUT2D eigenvalue weighted by molar-refractivity contribution is 5.82. The monoisotopic (exact) mass is 276 g/mol. The molecule has 1 fully saturated rings. The lowest BCUT2D eigenvalue weighted by Gasteiger charge is -2.30. The normalized spacial score (nSPS) is 23.9. The molecule has 0 saturated carbocycles. The first kappa shape index (κ1) is 14.9. The molecule has 110 valence electrons. The fourth-order valence-electron chi connectivity index (χ4n) is 2.70. The van der Waals surface area contributed by atoms with Gasteiger partial charge in [0.15, 0.2) is 0 Å². The van der Waals surface area contributed by atoms with Crippen molar-refractivity contribution in [3.8, 4) is 5.75 Å². The third kappa shape index (κ3) is 3.51. The Bertz CT molecular complexity index is 462. The number of ether oxygens (including phenoxy) is 1.